The number of thiophene rings is 1. The van der Waals surface area contributed by atoms with Gasteiger partial charge in [-0.15, -0.1) is 11.3 Å². The van der Waals surface area contributed by atoms with E-state index in [1.165, 1.54) is 23.4 Å². The number of nitrogens with zero attached hydrogens (tertiary/aromatic N) is 3. The second-order valence-electron chi connectivity index (χ2n) is 7.84. The highest BCUT2D eigenvalue weighted by Gasteiger charge is 2.19. The molecule has 1 aliphatic heterocycles. The van der Waals surface area contributed by atoms with Crippen LogP contribution in [0.15, 0.2) is 69.8 Å². The largest absolute Gasteiger partial charge is 0.469 e. The Hall–Kier alpha value is -2.80. The first kappa shape index (κ1) is 21.4. The SMILES string of the molecule is c1coc(CCNC(=NCC2CCN(c3ccncc3)CC2)NCCc2cccs2)c1. The quantitative estimate of drug-likeness (QED) is 0.392. The fraction of sp³-hybridized carbons (Fsp3) is 0.417. The predicted octanol–water partition coefficient (Wildman–Crippen LogP) is 3.97. The number of hydrogen-bond donors (Lipinski definition) is 2. The molecule has 1 fully saturated rings. The number of aromatic nitrogens is 1. The van der Waals surface area contributed by atoms with E-state index in [9.17, 15) is 0 Å². The lowest BCUT2D eigenvalue weighted by molar-refractivity contribution is 0.414. The average Bonchev–Trinajstić information content (AvgIpc) is 3.53. The van der Waals surface area contributed by atoms with E-state index in [4.69, 9.17) is 9.41 Å². The first-order chi connectivity index (χ1) is 15.4. The number of rotatable bonds is 9. The van der Waals surface area contributed by atoms with Gasteiger partial charge in [-0.25, -0.2) is 0 Å². The average molecular weight is 438 g/mol. The van der Waals surface area contributed by atoms with E-state index in [1.807, 2.05) is 24.5 Å². The number of pyridine rings is 1. The summed E-state index contributed by atoms with van der Waals surface area (Å²) in [7, 11) is 0. The van der Waals surface area contributed by atoms with Crippen molar-refractivity contribution in [3.05, 3.63) is 71.1 Å². The van der Waals surface area contributed by atoms with Crippen LogP contribution in [0.4, 0.5) is 5.69 Å². The van der Waals surface area contributed by atoms with E-state index in [1.54, 1.807) is 17.6 Å². The van der Waals surface area contributed by atoms with E-state index >= 15 is 0 Å². The van der Waals surface area contributed by atoms with Crippen LogP contribution in [0.2, 0.25) is 0 Å². The van der Waals surface area contributed by atoms with Crippen LogP contribution in [0.3, 0.4) is 0 Å². The summed E-state index contributed by atoms with van der Waals surface area (Å²) < 4.78 is 5.44. The summed E-state index contributed by atoms with van der Waals surface area (Å²) in [6.45, 7) is 4.71. The number of hydrogen-bond acceptors (Lipinski definition) is 5. The zero-order valence-electron chi connectivity index (χ0n) is 17.9. The van der Waals surface area contributed by atoms with Gasteiger partial charge < -0.3 is 20.0 Å². The van der Waals surface area contributed by atoms with Crippen molar-refractivity contribution in [2.24, 2.45) is 10.9 Å². The van der Waals surface area contributed by atoms with Crippen LogP contribution in [0.5, 0.6) is 0 Å². The van der Waals surface area contributed by atoms with Crippen LogP contribution in [0.25, 0.3) is 0 Å². The van der Waals surface area contributed by atoms with Crippen molar-refractivity contribution in [3.8, 4) is 0 Å². The molecule has 3 aromatic heterocycles. The van der Waals surface area contributed by atoms with Crippen molar-refractivity contribution in [1.82, 2.24) is 15.6 Å². The first-order valence-corrected chi connectivity index (χ1v) is 12.0. The van der Waals surface area contributed by atoms with Gasteiger partial charge in [0.1, 0.15) is 5.76 Å². The van der Waals surface area contributed by atoms with E-state index in [-0.39, 0.29) is 0 Å². The zero-order chi connectivity index (χ0) is 21.1. The zero-order valence-corrected chi connectivity index (χ0v) is 18.7. The molecule has 1 saturated heterocycles. The Labute approximate surface area is 188 Å². The monoisotopic (exact) mass is 437 g/mol. The van der Waals surface area contributed by atoms with Gasteiger partial charge in [0.05, 0.1) is 6.26 Å². The summed E-state index contributed by atoms with van der Waals surface area (Å²) in [5.41, 5.74) is 1.27. The summed E-state index contributed by atoms with van der Waals surface area (Å²) in [5, 5.41) is 9.12. The Kier molecular flexibility index (Phi) is 7.99. The minimum Gasteiger partial charge on any atom is -0.469 e. The molecule has 0 aliphatic carbocycles. The topological polar surface area (TPSA) is 65.7 Å². The third kappa shape index (κ3) is 6.85. The molecule has 1 aliphatic rings. The van der Waals surface area contributed by atoms with Gasteiger partial charge >= 0.3 is 0 Å². The molecular weight excluding hydrogens is 406 g/mol. The van der Waals surface area contributed by atoms with Gasteiger partial charge in [0.2, 0.25) is 0 Å². The number of aliphatic imine (C=N–C) groups is 1. The highest BCUT2D eigenvalue weighted by atomic mass is 32.1. The third-order valence-corrected chi connectivity index (χ3v) is 6.57. The Morgan fingerprint density at radius 2 is 1.87 bits per heavy atom. The number of piperidine rings is 1. The molecule has 2 N–H and O–H groups in total. The molecule has 4 heterocycles. The van der Waals surface area contributed by atoms with Crippen LogP contribution in [0, 0.1) is 5.92 Å². The van der Waals surface area contributed by atoms with Gasteiger partial charge in [-0.3, -0.25) is 9.98 Å². The first-order valence-electron chi connectivity index (χ1n) is 11.1. The van der Waals surface area contributed by atoms with Crippen molar-refractivity contribution in [1.29, 1.82) is 0 Å². The molecule has 0 spiro atoms. The van der Waals surface area contributed by atoms with Gasteiger partial charge in [0, 0.05) is 62.1 Å². The van der Waals surface area contributed by atoms with Crippen LogP contribution in [-0.2, 0) is 12.8 Å². The van der Waals surface area contributed by atoms with Crippen molar-refractivity contribution in [2.45, 2.75) is 25.7 Å². The molecule has 0 atom stereocenters. The second-order valence-corrected chi connectivity index (χ2v) is 8.87. The number of nitrogens with one attached hydrogen (secondary N) is 2. The standard InChI is InChI=1S/C24H31N5OS/c1-3-22(30-17-1)7-13-26-24(27-14-8-23-4-2-18-31-23)28-19-20-9-15-29(16-10-20)21-5-11-25-12-6-21/h1-6,11-12,17-18,20H,7-10,13-16,19H2,(H2,26,27,28). The highest BCUT2D eigenvalue weighted by Crippen LogP contribution is 2.22. The van der Waals surface area contributed by atoms with E-state index in [2.05, 4.69) is 50.2 Å². The molecule has 3 aromatic rings. The predicted molar refractivity (Wildman–Crippen MR) is 128 cm³/mol. The lowest BCUT2D eigenvalue weighted by atomic mass is 9.97. The van der Waals surface area contributed by atoms with Crippen molar-refractivity contribution in [3.63, 3.8) is 0 Å². The molecule has 31 heavy (non-hydrogen) atoms. The lowest BCUT2D eigenvalue weighted by Crippen LogP contribution is -2.40. The maximum Gasteiger partial charge on any atom is 0.191 e. The summed E-state index contributed by atoms with van der Waals surface area (Å²) in [6, 6.07) is 12.4. The molecular formula is C24H31N5OS. The molecule has 0 bridgehead atoms. The maximum absolute atomic E-state index is 5.44. The van der Waals surface area contributed by atoms with Crippen molar-refractivity contribution in [2.75, 3.05) is 37.6 Å². The molecule has 0 radical (unpaired) electrons. The maximum atomic E-state index is 5.44. The van der Waals surface area contributed by atoms with Gasteiger partial charge in [-0.1, -0.05) is 6.07 Å². The van der Waals surface area contributed by atoms with Gasteiger partial charge in [0.15, 0.2) is 5.96 Å². The number of anilines is 1. The fourth-order valence-corrected chi connectivity index (χ4v) is 4.55. The Morgan fingerprint density at radius 1 is 1.06 bits per heavy atom. The van der Waals surface area contributed by atoms with E-state index in [0.717, 1.165) is 57.3 Å². The molecule has 7 heteroatoms. The third-order valence-electron chi connectivity index (χ3n) is 5.64. The molecule has 0 saturated carbocycles. The lowest BCUT2D eigenvalue weighted by Gasteiger charge is -2.33. The molecule has 0 amide bonds. The fourth-order valence-electron chi connectivity index (χ4n) is 3.84. The minimum absolute atomic E-state index is 0.624. The van der Waals surface area contributed by atoms with E-state index in [0.29, 0.717) is 5.92 Å². The summed E-state index contributed by atoms with van der Waals surface area (Å²) >= 11 is 1.80. The molecule has 6 nitrogen and oxygen atoms in total. The van der Waals surface area contributed by atoms with Crippen molar-refractivity contribution < 1.29 is 4.42 Å². The molecule has 0 aromatic carbocycles. The summed E-state index contributed by atoms with van der Waals surface area (Å²) in [4.78, 5) is 12.9. The Morgan fingerprint density at radius 3 is 2.58 bits per heavy atom. The summed E-state index contributed by atoms with van der Waals surface area (Å²) in [6.07, 6.45) is 9.66. The number of guanidine groups is 1. The van der Waals surface area contributed by atoms with Crippen molar-refractivity contribution >= 4 is 23.0 Å². The molecule has 164 valence electrons. The molecule has 0 unspecified atom stereocenters. The smallest absolute Gasteiger partial charge is 0.191 e. The number of furan rings is 1. The Balaban J connectivity index is 1.26. The highest BCUT2D eigenvalue weighted by molar-refractivity contribution is 7.09. The second kappa shape index (κ2) is 11.6. The normalized spacial score (nSPS) is 15.2. The van der Waals surface area contributed by atoms with Crippen LogP contribution in [0.1, 0.15) is 23.5 Å². The van der Waals surface area contributed by atoms with E-state index < -0.39 is 0 Å². The minimum atomic E-state index is 0.624. The van der Waals surface area contributed by atoms with Gasteiger partial charge in [0.25, 0.3) is 0 Å². The van der Waals surface area contributed by atoms with Gasteiger partial charge in [-0.2, -0.15) is 0 Å². The molecule has 4 rings (SSSR count). The van der Waals surface area contributed by atoms with Gasteiger partial charge in [-0.05, 0) is 60.9 Å². The summed E-state index contributed by atoms with van der Waals surface area (Å²) in [5.74, 6) is 2.52. The Bertz CT molecular complexity index is 845. The van der Waals surface area contributed by atoms with Crippen LogP contribution in [-0.4, -0.2) is 43.7 Å². The van der Waals surface area contributed by atoms with Crippen LogP contribution >= 0.6 is 11.3 Å². The van der Waals surface area contributed by atoms with Crippen LogP contribution < -0.4 is 15.5 Å².